The summed E-state index contributed by atoms with van der Waals surface area (Å²) in [4.78, 5) is 14.3. The van der Waals surface area contributed by atoms with Crippen molar-refractivity contribution in [2.24, 2.45) is 11.7 Å². The Morgan fingerprint density at radius 2 is 2.19 bits per heavy atom. The van der Waals surface area contributed by atoms with Gasteiger partial charge in [-0.05, 0) is 25.0 Å². The first-order valence-corrected chi connectivity index (χ1v) is 9.02. The fourth-order valence-electron chi connectivity index (χ4n) is 2.99. The molecule has 0 radical (unpaired) electrons. The number of nitrogens with one attached hydrogen (secondary N) is 1. The van der Waals surface area contributed by atoms with Crippen molar-refractivity contribution in [3.05, 3.63) is 34.6 Å². The summed E-state index contributed by atoms with van der Waals surface area (Å²) in [6.07, 6.45) is 0.0374. The van der Waals surface area contributed by atoms with Crippen LogP contribution in [0.5, 0.6) is 0 Å². The number of carbonyl (C=O) groups is 1. The molecule has 0 saturated carbocycles. The monoisotopic (exact) mass is 407 g/mol. The van der Waals surface area contributed by atoms with E-state index in [1.807, 2.05) is 20.8 Å². The Hall–Kier alpha value is -0.920. The van der Waals surface area contributed by atoms with E-state index in [1.165, 1.54) is 6.07 Å². The number of benzene rings is 1. The van der Waals surface area contributed by atoms with Crippen molar-refractivity contribution >= 4 is 29.9 Å². The number of amides is 1. The molecule has 3 N–H and O–H groups in total. The Labute approximate surface area is 165 Å². The van der Waals surface area contributed by atoms with Crippen molar-refractivity contribution < 1.29 is 13.9 Å². The maximum absolute atomic E-state index is 14.5. The van der Waals surface area contributed by atoms with E-state index in [4.69, 9.17) is 22.1 Å². The molecular weight excluding hydrogens is 380 g/mol. The van der Waals surface area contributed by atoms with Crippen LogP contribution in [0.1, 0.15) is 32.4 Å². The number of carbonyl (C=O) groups excluding carboxylic acids is 1. The molecule has 148 valence electrons. The highest BCUT2D eigenvalue weighted by atomic mass is 35.5. The number of rotatable bonds is 6. The van der Waals surface area contributed by atoms with E-state index in [1.54, 1.807) is 12.1 Å². The molecule has 2 rings (SSSR count). The van der Waals surface area contributed by atoms with Crippen molar-refractivity contribution in [1.29, 1.82) is 0 Å². The molecule has 1 aromatic carbocycles. The molecule has 1 fully saturated rings. The third kappa shape index (κ3) is 5.79. The molecule has 1 saturated heterocycles. The van der Waals surface area contributed by atoms with Crippen LogP contribution in [0.15, 0.2) is 18.2 Å². The maximum Gasteiger partial charge on any atom is 0.237 e. The van der Waals surface area contributed by atoms with Gasteiger partial charge < -0.3 is 15.8 Å². The summed E-state index contributed by atoms with van der Waals surface area (Å²) in [7, 11) is 0. The number of hydrogen-bond acceptors (Lipinski definition) is 4. The van der Waals surface area contributed by atoms with E-state index in [0.29, 0.717) is 30.3 Å². The summed E-state index contributed by atoms with van der Waals surface area (Å²) >= 11 is 6.27. The van der Waals surface area contributed by atoms with Gasteiger partial charge in [-0.2, -0.15) is 0 Å². The van der Waals surface area contributed by atoms with Gasteiger partial charge in [0.05, 0.1) is 24.8 Å². The lowest BCUT2D eigenvalue weighted by atomic mass is 10.0. The molecule has 8 heteroatoms. The maximum atomic E-state index is 14.5. The third-order valence-corrected chi connectivity index (χ3v) is 4.87. The van der Waals surface area contributed by atoms with Crippen LogP contribution in [0.25, 0.3) is 0 Å². The molecular formula is C18H28Cl2FN3O2. The molecule has 0 bridgehead atoms. The molecule has 1 aliphatic heterocycles. The van der Waals surface area contributed by atoms with Gasteiger partial charge in [-0.1, -0.05) is 31.5 Å². The van der Waals surface area contributed by atoms with Crippen LogP contribution in [0.3, 0.4) is 0 Å². The first-order chi connectivity index (χ1) is 11.8. The average Bonchev–Trinajstić information content (AvgIpc) is 2.56. The molecule has 1 aliphatic rings. The van der Waals surface area contributed by atoms with Crippen molar-refractivity contribution in [3.8, 4) is 0 Å². The molecule has 0 aliphatic carbocycles. The SMILES string of the molecule is CC1CN(C(CNC(=O)[C@@H](N)C(C)C)c2c(F)cccc2Cl)CCO1.Cl. The van der Waals surface area contributed by atoms with E-state index in [9.17, 15) is 9.18 Å². The van der Waals surface area contributed by atoms with Gasteiger partial charge in [0.2, 0.25) is 5.91 Å². The smallest absolute Gasteiger partial charge is 0.237 e. The zero-order chi connectivity index (χ0) is 18.6. The third-order valence-electron chi connectivity index (χ3n) is 4.54. The lowest BCUT2D eigenvalue weighted by molar-refractivity contribution is -0.123. The number of halogens is 3. The lowest BCUT2D eigenvalue weighted by Crippen LogP contribution is -2.50. The summed E-state index contributed by atoms with van der Waals surface area (Å²) in [5, 5.41) is 3.21. The van der Waals surface area contributed by atoms with Crippen LogP contribution in [0, 0.1) is 11.7 Å². The molecule has 5 nitrogen and oxygen atoms in total. The Morgan fingerprint density at radius 3 is 2.77 bits per heavy atom. The van der Waals surface area contributed by atoms with Crippen molar-refractivity contribution in [2.45, 2.75) is 39.0 Å². The topological polar surface area (TPSA) is 67.6 Å². The molecule has 2 unspecified atom stereocenters. The summed E-state index contributed by atoms with van der Waals surface area (Å²) in [6, 6.07) is 3.66. The van der Waals surface area contributed by atoms with E-state index >= 15 is 0 Å². The van der Waals surface area contributed by atoms with Gasteiger partial charge in [-0.25, -0.2) is 4.39 Å². The largest absolute Gasteiger partial charge is 0.376 e. The zero-order valence-electron chi connectivity index (χ0n) is 15.4. The predicted octanol–water partition coefficient (Wildman–Crippen LogP) is 2.76. The van der Waals surface area contributed by atoms with Crippen LogP contribution >= 0.6 is 24.0 Å². The standard InChI is InChI=1S/C18H27ClFN3O2.ClH/c1-11(2)17(21)18(24)22-9-15(23-7-8-25-12(3)10-23)16-13(19)5-4-6-14(16)20;/h4-6,11-12,15,17H,7-10,21H2,1-3H3,(H,22,24);1H/t12?,15?,17-;/m0./s1. The Kier molecular flexibility index (Phi) is 9.27. The van der Waals surface area contributed by atoms with E-state index in [0.717, 1.165) is 0 Å². The predicted molar refractivity (Wildman–Crippen MR) is 104 cm³/mol. The Bertz CT molecular complexity index is 584. The van der Waals surface area contributed by atoms with Gasteiger partial charge >= 0.3 is 0 Å². The minimum Gasteiger partial charge on any atom is -0.376 e. The van der Waals surface area contributed by atoms with Crippen molar-refractivity contribution in [3.63, 3.8) is 0 Å². The van der Waals surface area contributed by atoms with Crippen LogP contribution < -0.4 is 11.1 Å². The summed E-state index contributed by atoms with van der Waals surface area (Å²) in [6.45, 7) is 7.83. The molecule has 3 atom stereocenters. The van der Waals surface area contributed by atoms with Gasteiger partial charge in [-0.3, -0.25) is 9.69 Å². The van der Waals surface area contributed by atoms with Crippen molar-refractivity contribution in [1.82, 2.24) is 10.2 Å². The van der Waals surface area contributed by atoms with Crippen LogP contribution in [0.4, 0.5) is 4.39 Å². The zero-order valence-corrected chi connectivity index (χ0v) is 16.9. The first-order valence-electron chi connectivity index (χ1n) is 8.64. The second kappa shape index (κ2) is 10.4. The van der Waals surface area contributed by atoms with Gasteiger partial charge in [0.1, 0.15) is 5.82 Å². The quantitative estimate of drug-likeness (QED) is 0.760. The first kappa shape index (κ1) is 23.1. The number of morpholine rings is 1. The second-order valence-electron chi connectivity index (χ2n) is 6.84. The van der Waals surface area contributed by atoms with Gasteiger partial charge in [0, 0.05) is 30.2 Å². The second-order valence-corrected chi connectivity index (χ2v) is 7.25. The number of ether oxygens (including phenoxy) is 1. The molecule has 26 heavy (non-hydrogen) atoms. The molecule has 1 amide bonds. The van der Waals surface area contributed by atoms with Gasteiger partial charge in [-0.15, -0.1) is 12.4 Å². The molecule has 0 spiro atoms. The highest BCUT2D eigenvalue weighted by molar-refractivity contribution is 6.31. The fourth-order valence-corrected chi connectivity index (χ4v) is 3.28. The van der Waals surface area contributed by atoms with Crippen LogP contribution in [-0.4, -0.2) is 49.2 Å². The molecule has 1 heterocycles. The van der Waals surface area contributed by atoms with Gasteiger partial charge in [0.25, 0.3) is 0 Å². The normalized spacial score (nSPS) is 20.3. The summed E-state index contributed by atoms with van der Waals surface area (Å²) < 4.78 is 20.1. The Balaban J connectivity index is 0.00000338. The molecule has 1 aromatic rings. The van der Waals surface area contributed by atoms with Crippen molar-refractivity contribution in [2.75, 3.05) is 26.2 Å². The number of nitrogens with zero attached hydrogens (tertiary/aromatic N) is 1. The lowest BCUT2D eigenvalue weighted by Gasteiger charge is -2.38. The Morgan fingerprint density at radius 1 is 1.50 bits per heavy atom. The van der Waals surface area contributed by atoms with E-state index in [-0.39, 0.29) is 48.7 Å². The minimum absolute atomic E-state index is 0. The fraction of sp³-hybridized carbons (Fsp3) is 0.611. The van der Waals surface area contributed by atoms with Crippen LogP contribution in [-0.2, 0) is 9.53 Å². The average molecular weight is 408 g/mol. The highest BCUT2D eigenvalue weighted by Gasteiger charge is 2.30. The summed E-state index contributed by atoms with van der Waals surface area (Å²) in [5.41, 5.74) is 6.30. The van der Waals surface area contributed by atoms with Crippen LogP contribution in [0.2, 0.25) is 5.02 Å². The summed E-state index contributed by atoms with van der Waals surface area (Å²) in [5.74, 6) is -0.591. The number of nitrogens with two attached hydrogens (primary N) is 1. The molecule has 0 aromatic heterocycles. The van der Waals surface area contributed by atoms with Gasteiger partial charge in [0.15, 0.2) is 0 Å². The van der Waals surface area contributed by atoms with E-state index in [2.05, 4.69) is 10.2 Å². The number of hydrogen-bond donors (Lipinski definition) is 2. The minimum atomic E-state index is -0.597. The highest BCUT2D eigenvalue weighted by Crippen LogP contribution is 2.31. The van der Waals surface area contributed by atoms with E-state index < -0.39 is 6.04 Å².